The van der Waals surface area contributed by atoms with Gasteiger partial charge in [-0.15, -0.1) is 0 Å². The summed E-state index contributed by atoms with van der Waals surface area (Å²) in [6.07, 6.45) is 5.09. The fraction of sp³-hybridized carbons (Fsp3) is 0.133. The number of rotatable bonds is 5. The van der Waals surface area contributed by atoms with Crippen LogP contribution in [0.15, 0.2) is 113 Å². The van der Waals surface area contributed by atoms with Crippen LogP contribution >= 0.6 is 15.9 Å². The number of Topliss-reactive ketones (excluding diaryl/α,β-unsaturated/α-hetero) is 2. The Hall–Kier alpha value is -4.10. The molecule has 0 aromatic heterocycles. The molecule has 6 nitrogen and oxygen atoms in total. The predicted octanol–water partition coefficient (Wildman–Crippen LogP) is 4.83. The second-order valence-corrected chi connectivity index (χ2v) is 10.2. The normalized spacial score (nSPS) is 24.1. The Kier molecular flexibility index (Phi) is 5.72. The molecule has 7 heteroatoms. The minimum Gasteiger partial charge on any atom is -0.359 e. The third-order valence-electron chi connectivity index (χ3n) is 7.26. The predicted molar refractivity (Wildman–Crippen MR) is 142 cm³/mol. The minimum absolute atomic E-state index is 0.174. The summed E-state index contributed by atoms with van der Waals surface area (Å²) in [4.78, 5) is 57.6. The number of carbonyl (C=O) groups is 4. The van der Waals surface area contributed by atoms with Gasteiger partial charge in [0.2, 0.25) is 11.8 Å². The Labute approximate surface area is 222 Å². The number of amides is 2. The van der Waals surface area contributed by atoms with Crippen LogP contribution in [0.1, 0.15) is 20.7 Å². The van der Waals surface area contributed by atoms with Gasteiger partial charge in [-0.3, -0.25) is 19.2 Å². The first-order valence-corrected chi connectivity index (χ1v) is 12.7. The van der Waals surface area contributed by atoms with E-state index in [1.807, 2.05) is 12.1 Å². The lowest BCUT2D eigenvalue weighted by molar-refractivity contribution is -0.123. The second kappa shape index (κ2) is 9.09. The molecule has 0 bridgehead atoms. The molecule has 2 saturated heterocycles. The maximum absolute atomic E-state index is 13.8. The van der Waals surface area contributed by atoms with E-state index < -0.39 is 29.8 Å². The molecule has 0 radical (unpaired) electrons. The van der Waals surface area contributed by atoms with E-state index in [4.69, 9.17) is 0 Å². The molecule has 3 aromatic rings. The van der Waals surface area contributed by atoms with E-state index in [9.17, 15) is 19.2 Å². The fourth-order valence-electron chi connectivity index (χ4n) is 5.57. The first-order valence-electron chi connectivity index (χ1n) is 12.0. The summed E-state index contributed by atoms with van der Waals surface area (Å²) in [5, 5.41) is 0. The zero-order chi connectivity index (χ0) is 25.7. The van der Waals surface area contributed by atoms with Crippen molar-refractivity contribution in [2.75, 3.05) is 4.90 Å². The Morgan fingerprint density at radius 3 is 2.03 bits per heavy atom. The number of carbonyl (C=O) groups excluding carboxylic acids is 4. The van der Waals surface area contributed by atoms with Crippen LogP contribution in [0.25, 0.3) is 0 Å². The van der Waals surface area contributed by atoms with Crippen molar-refractivity contribution in [3.8, 4) is 0 Å². The van der Waals surface area contributed by atoms with Gasteiger partial charge in [0.05, 0.1) is 23.6 Å². The van der Waals surface area contributed by atoms with E-state index in [2.05, 4.69) is 15.9 Å². The van der Waals surface area contributed by atoms with Crippen molar-refractivity contribution in [1.82, 2.24) is 4.90 Å². The average Bonchev–Trinajstić information content (AvgIpc) is 3.40. The molecule has 3 aromatic carbocycles. The van der Waals surface area contributed by atoms with Gasteiger partial charge in [-0.1, -0.05) is 82.7 Å². The number of hydrogen-bond donors (Lipinski definition) is 0. The number of benzene rings is 3. The van der Waals surface area contributed by atoms with Crippen molar-refractivity contribution in [3.63, 3.8) is 0 Å². The summed E-state index contributed by atoms with van der Waals surface area (Å²) in [5.41, 5.74) is 1.89. The standard InChI is InChI=1S/C30H21BrN2O4/c31-21-13-11-19(12-14-21)28(35)26-25-24(29(36)33(30(25)37)22-9-5-2-6-10-22)23-17-20(15-16-32(23)26)27(34)18-7-3-1-4-8-18/h1-17,23-26H. The van der Waals surface area contributed by atoms with Gasteiger partial charge < -0.3 is 4.90 Å². The number of imide groups is 1. The molecule has 37 heavy (non-hydrogen) atoms. The third-order valence-corrected chi connectivity index (χ3v) is 7.79. The zero-order valence-electron chi connectivity index (χ0n) is 19.5. The zero-order valence-corrected chi connectivity index (χ0v) is 21.1. The summed E-state index contributed by atoms with van der Waals surface area (Å²) < 4.78 is 0.832. The lowest BCUT2D eigenvalue weighted by Crippen LogP contribution is -2.46. The number of fused-ring (bicyclic) bond motifs is 3. The molecule has 0 spiro atoms. The van der Waals surface area contributed by atoms with Crippen molar-refractivity contribution < 1.29 is 19.2 Å². The van der Waals surface area contributed by atoms with Crippen LogP contribution in [-0.2, 0) is 9.59 Å². The summed E-state index contributed by atoms with van der Waals surface area (Å²) >= 11 is 3.39. The van der Waals surface area contributed by atoms with E-state index >= 15 is 0 Å². The van der Waals surface area contributed by atoms with Crippen LogP contribution in [0.5, 0.6) is 0 Å². The first kappa shape index (κ1) is 23.3. The number of halogens is 1. The molecular weight excluding hydrogens is 532 g/mol. The van der Waals surface area contributed by atoms with Crippen molar-refractivity contribution in [2.45, 2.75) is 12.1 Å². The van der Waals surface area contributed by atoms with Crippen molar-refractivity contribution >= 4 is 45.0 Å². The summed E-state index contributed by atoms with van der Waals surface area (Å²) in [6.45, 7) is 0. The second-order valence-electron chi connectivity index (χ2n) is 9.29. The monoisotopic (exact) mass is 552 g/mol. The number of nitrogens with zero attached hydrogens (tertiary/aromatic N) is 2. The SMILES string of the molecule is O=C(C1=CC2C3C(=O)N(c4ccccc4)C(=O)C3C(C(=O)c3ccc(Br)cc3)N2C=C1)c1ccccc1. The highest BCUT2D eigenvalue weighted by atomic mass is 79.9. The molecule has 3 heterocycles. The fourth-order valence-corrected chi connectivity index (χ4v) is 5.83. The molecule has 0 saturated carbocycles. The van der Waals surface area contributed by atoms with Gasteiger partial charge >= 0.3 is 0 Å². The van der Waals surface area contributed by atoms with Crippen LogP contribution in [0, 0.1) is 11.8 Å². The number of anilines is 1. The van der Waals surface area contributed by atoms with Crippen LogP contribution in [-0.4, -0.2) is 40.4 Å². The summed E-state index contributed by atoms with van der Waals surface area (Å²) in [7, 11) is 0. The van der Waals surface area contributed by atoms with E-state index in [-0.39, 0.29) is 17.5 Å². The van der Waals surface area contributed by atoms with Gasteiger partial charge in [0.1, 0.15) is 6.04 Å². The molecule has 4 unspecified atom stereocenters. The molecule has 3 aliphatic rings. The number of allylic oxidation sites excluding steroid dienone is 2. The van der Waals surface area contributed by atoms with E-state index in [1.165, 1.54) is 4.90 Å². The largest absolute Gasteiger partial charge is 0.359 e. The molecule has 0 N–H and O–H groups in total. The average molecular weight is 553 g/mol. The highest BCUT2D eigenvalue weighted by molar-refractivity contribution is 9.10. The van der Waals surface area contributed by atoms with Crippen molar-refractivity contribution in [3.05, 3.63) is 124 Å². The van der Waals surface area contributed by atoms with Gasteiger partial charge in [0.15, 0.2) is 11.6 Å². The topological polar surface area (TPSA) is 74.8 Å². The van der Waals surface area contributed by atoms with Crippen LogP contribution < -0.4 is 4.90 Å². The maximum atomic E-state index is 13.8. The van der Waals surface area contributed by atoms with Gasteiger partial charge in [0.25, 0.3) is 0 Å². The first-order chi connectivity index (χ1) is 18.0. The quantitative estimate of drug-likeness (QED) is 0.335. The molecule has 6 rings (SSSR count). The molecule has 2 fully saturated rings. The van der Waals surface area contributed by atoms with E-state index in [0.717, 1.165) is 4.47 Å². The van der Waals surface area contributed by atoms with Crippen molar-refractivity contribution in [2.24, 2.45) is 11.8 Å². The maximum Gasteiger partial charge on any atom is 0.240 e. The Morgan fingerprint density at radius 1 is 0.730 bits per heavy atom. The molecule has 0 aliphatic carbocycles. The summed E-state index contributed by atoms with van der Waals surface area (Å²) in [6, 6.07) is 23.1. The highest BCUT2D eigenvalue weighted by Gasteiger charge is 2.63. The highest BCUT2D eigenvalue weighted by Crippen LogP contribution is 2.47. The molecule has 4 atom stereocenters. The van der Waals surface area contributed by atoms with E-state index in [0.29, 0.717) is 22.4 Å². The van der Waals surface area contributed by atoms with Crippen LogP contribution in [0.4, 0.5) is 5.69 Å². The number of para-hydroxylation sites is 1. The lowest BCUT2D eigenvalue weighted by Gasteiger charge is -2.32. The Bertz CT molecular complexity index is 1480. The van der Waals surface area contributed by atoms with Gasteiger partial charge in [-0.2, -0.15) is 0 Å². The number of ketones is 2. The molecule has 2 amide bonds. The molecular formula is C30H21BrN2O4. The van der Waals surface area contributed by atoms with Gasteiger partial charge in [-0.25, -0.2) is 4.90 Å². The summed E-state index contributed by atoms with van der Waals surface area (Å²) in [5.74, 6) is -2.84. The minimum atomic E-state index is -0.874. The van der Waals surface area contributed by atoms with Crippen LogP contribution in [0.3, 0.4) is 0 Å². The Morgan fingerprint density at radius 2 is 1.35 bits per heavy atom. The lowest BCUT2D eigenvalue weighted by atomic mass is 9.85. The Balaban J connectivity index is 1.43. The van der Waals surface area contributed by atoms with Gasteiger partial charge in [0, 0.05) is 27.4 Å². The van der Waals surface area contributed by atoms with E-state index in [1.54, 1.807) is 96.0 Å². The molecule has 3 aliphatic heterocycles. The number of hydrogen-bond acceptors (Lipinski definition) is 5. The van der Waals surface area contributed by atoms with Crippen LogP contribution in [0.2, 0.25) is 0 Å². The van der Waals surface area contributed by atoms with Crippen molar-refractivity contribution in [1.29, 1.82) is 0 Å². The molecule has 182 valence electrons. The third kappa shape index (κ3) is 3.78. The van der Waals surface area contributed by atoms with Gasteiger partial charge in [-0.05, 0) is 30.3 Å². The smallest absolute Gasteiger partial charge is 0.240 e.